The topological polar surface area (TPSA) is 288 Å². The standard InChI is InChI=1S/C20H22FN9O11P2S2/c21-8-12(40-42(35)36)6(39-18(8)29-4-25-9-14(29)23-3-24-16(9)33)2-38-43(37,44)41-13-11(32)7(1-31)45-19(13)30-5-26-10-15(30)27-20(22)28-17(10)34/h3-8,11-13,18-19,31-32H,1-2H2,(H5-,22,23,24,27,28,33,34,35,36,37,44)/p+1/t6-,7-,8+,11-,12-,13-,18-,19-,43?/m1/s1. The first-order valence-electron chi connectivity index (χ1n) is 12.7. The van der Waals surface area contributed by atoms with Gasteiger partial charge in [-0.3, -0.25) is 28.2 Å². The molecule has 2 saturated heterocycles. The molecule has 2 unspecified atom stereocenters. The Morgan fingerprint density at radius 2 is 1.89 bits per heavy atom. The summed E-state index contributed by atoms with van der Waals surface area (Å²) in [5.41, 5.74) is 4.26. The summed E-state index contributed by atoms with van der Waals surface area (Å²) >= 11 is 6.19. The third kappa shape index (κ3) is 6.06. The molecule has 25 heteroatoms. The Hall–Kier alpha value is -2.79. The first kappa shape index (κ1) is 32.2. The molecule has 0 radical (unpaired) electrons. The van der Waals surface area contributed by atoms with Crippen LogP contribution in [0.1, 0.15) is 11.6 Å². The summed E-state index contributed by atoms with van der Waals surface area (Å²) in [5, 5.41) is 19.0. The SMILES string of the molecule is Nc1nc2c(ncn2[C@@H]2S[C@H](CO)[C@@H](O)[C@H]2OP(O)(=S)OC[C@H]2O[C@@H](n3cnc4c(=O)[nH]cnc43)[C@@H](F)[C@@H]2O[P+](=O)O)c(=O)[nH]1. The average Bonchev–Trinajstić information content (AvgIpc) is 3.73. The van der Waals surface area contributed by atoms with Gasteiger partial charge >= 0.3 is 15.0 Å². The van der Waals surface area contributed by atoms with Gasteiger partial charge in [0, 0.05) is 4.57 Å². The minimum atomic E-state index is -4.33. The maximum absolute atomic E-state index is 15.6. The quantitative estimate of drug-likeness (QED) is 0.0940. The van der Waals surface area contributed by atoms with E-state index in [1.807, 2.05) is 0 Å². The maximum atomic E-state index is 15.6. The number of aromatic nitrogens is 8. The summed E-state index contributed by atoms with van der Waals surface area (Å²) < 4.78 is 51.3. The van der Waals surface area contributed by atoms with E-state index in [0.29, 0.717) is 0 Å². The van der Waals surface area contributed by atoms with Crippen molar-refractivity contribution in [2.45, 2.75) is 47.4 Å². The molecule has 6 rings (SSSR count). The lowest BCUT2D eigenvalue weighted by Gasteiger charge is -2.27. The highest BCUT2D eigenvalue weighted by Crippen LogP contribution is 2.54. The van der Waals surface area contributed by atoms with Crippen molar-refractivity contribution in [3.63, 3.8) is 0 Å². The van der Waals surface area contributed by atoms with E-state index in [-0.39, 0.29) is 28.3 Å². The summed E-state index contributed by atoms with van der Waals surface area (Å²) in [7, 11) is -3.33. The molecule has 2 aliphatic heterocycles. The molecule has 45 heavy (non-hydrogen) atoms. The minimum absolute atomic E-state index is 0.0290. The van der Waals surface area contributed by atoms with Crippen molar-refractivity contribution in [1.82, 2.24) is 39.0 Å². The molecule has 0 aliphatic carbocycles. The van der Waals surface area contributed by atoms with Crippen molar-refractivity contribution in [2.75, 3.05) is 18.9 Å². The number of anilines is 1. The summed E-state index contributed by atoms with van der Waals surface area (Å²) in [6.45, 7) is -5.55. The van der Waals surface area contributed by atoms with Gasteiger partial charge in [-0.2, -0.15) is 4.98 Å². The van der Waals surface area contributed by atoms with E-state index in [2.05, 4.69) is 29.9 Å². The number of ether oxygens (including phenoxy) is 1. The number of nitrogens with one attached hydrogen (secondary N) is 2. The fourth-order valence-corrected chi connectivity index (χ4v) is 8.40. The van der Waals surface area contributed by atoms with Crippen LogP contribution in [-0.4, -0.2) is 108 Å². The lowest BCUT2D eigenvalue weighted by molar-refractivity contribution is -0.0456. The van der Waals surface area contributed by atoms with Crippen LogP contribution in [-0.2, 0) is 34.7 Å². The average molecular weight is 711 g/mol. The number of aliphatic hydroxyl groups excluding tert-OH is 2. The second kappa shape index (κ2) is 12.4. The van der Waals surface area contributed by atoms with Crippen LogP contribution in [0.15, 0.2) is 28.6 Å². The first-order valence-corrected chi connectivity index (χ1v) is 17.4. The van der Waals surface area contributed by atoms with Gasteiger partial charge in [-0.15, -0.1) is 21.2 Å². The van der Waals surface area contributed by atoms with Gasteiger partial charge in [0.25, 0.3) is 11.1 Å². The molecule has 2 fully saturated rings. The molecular formula is C20H23FN9O11P2S2+. The summed E-state index contributed by atoms with van der Waals surface area (Å²) in [4.78, 5) is 65.3. The molecule has 8 N–H and O–H groups in total. The maximum Gasteiger partial charge on any atom is 0.695 e. The lowest BCUT2D eigenvalue weighted by Crippen LogP contribution is -2.35. The highest BCUT2D eigenvalue weighted by atomic mass is 32.5. The van der Waals surface area contributed by atoms with Gasteiger partial charge in [0.1, 0.15) is 17.6 Å². The smallest absolute Gasteiger partial charge is 0.395 e. The van der Waals surface area contributed by atoms with E-state index in [0.717, 1.165) is 29.0 Å². The number of rotatable bonds is 10. The van der Waals surface area contributed by atoms with E-state index in [9.17, 15) is 34.2 Å². The van der Waals surface area contributed by atoms with Crippen molar-refractivity contribution in [3.8, 4) is 0 Å². The van der Waals surface area contributed by atoms with Crippen molar-refractivity contribution in [1.29, 1.82) is 0 Å². The highest BCUT2D eigenvalue weighted by molar-refractivity contribution is 8.07. The molecule has 0 spiro atoms. The molecule has 2 aliphatic rings. The van der Waals surface area contributed by atoms with Crippen molar-refractivity contribution >= 4 is 66.8 Å². The van der Waals surface area contributed by atoms with Crippen LogP contribution in [0.5, 0.6) is 0 Å². The molecule has 0 bridgehead atoms. The number of nitrogens with two attached hydrogens (primary N) is 1. The van der Waals surface area contributed by atoms with E-state index in [4.69, 9.17) is 35.8 Å². The van der Waals surface area contributed by atoms with E-state index >= 15 is 4.39 Å². The highest BCUT2D eigenvalue weighted by Gasteiger charge is 2.53. The van der Waals surface area contributed by atoms with Crippen molar-refractivity contribution in [3.05, 3.63) is 39.7 Å². The molecule has 4 aromatic rings. The van der Waals surface area contributed by atoms with Crippen LogP contribution < -0.4 is 16.9 Å². The van der Waals surface area contributed by atoms with Gasteiger partial charge in [-0.1, -0.05) is 0 Å². The number of aliphatic hydroxyl groups is 2. The summed E-state index contributed by atoms with van der Waals surface area (Å²) in [6, 6.07) is 0. The largest absolute Gasteiger partial charge is 0.695 e. The van der Waals surface area contributed by atoms with Gasteiger partial charge in [-0.25, -0.2) is 19.3 Å². The zero-order valence-electron chi connectivity index (χ0n) is 22.3. The number of hydrogen-bond acceptors (Lipinski definition) is 16. The molecule has 20 nitrogen and oxygen atoms in total. The number of thioether (sulfide) groups is 1. The molecule has 0 saturated carbocycles. The predicted octanol–water partition coefficient (Wildman–Crippen LogP) is -1.31. The number of H-pyrrole nitrogens is 2. The van der Waals surface area contributed by atoms with Crippen LogP contribution in [0.4, 0.5) is 10.3 Å². The van der Waals surface area contributed by atoms with Crippen LogP contribution in [0.25, 0.3) is 22.3 Å². The molecule has 0 aromatic carbocycles. The van der Waals surface area contributed by atoms with Gasteiger partial charge in [0.15, 0.2) is 40.8 Å². The molecule has 4 aromatic heterocycles. The Balaban J connectivity index is 1.23. The molecule has 10 atom stereocenters. The van der Waals surface area contributed by atoms with Gasteiger partial charge < -0.3 is 35.1 Å². The molecule has 6 heterocycles. The number of nitrogen functional groups attached to an aromatic ring is 1. The number of hydrogen-bond donors (Lipinski definition) is 7. The van der Waals surface area contributed by atoms with Crippen molar-refractivity contribution in [2.24, 2.45) is 0 Å². The number of halogens is 1. The normalized spacial score (nSPS) is 30.3. The molecular weight excluding hydrogens is 687 g/mol. The fraction of sp³-hybridized carbons (Fsp3) is 0.500. The number of imidazole rings is 2. The fourth-order valence-electron chi connectivity index (χ4n) is 5.02. The Morgan fingerprint density at radius 1 is 1.18 bits per heavy atom. The Labute approximate surface area is 258 Å². The Kier molecular flexibility index (Phi) is 8.89. The second-order valence-electron chi connectivity index (χ2n) is 9.72. The number of nitrogens with zero attached hydrogens (tertiary/aromatic N) is 6. The van der Waals surface area contributed by atoms with E-state index in [1.165, 1.54) is 10.9 Å². The minimum Gasteiger partial charge on any atom is -0.395 e. The second-order valence-corrected chi connectivity index (χ2v) is 14.6. The van der Waals surface area contributed by atoms with Gasteiger partial charge in [-0.05, 0) is 11.8 Å². The van der Waals surface area contributed by atoms with E-state index in [1.54, 1.807) is 0 Å². The Bertz CT molecular complexity index is 1930. The van der Waals surface area contributed by atoms with Crippen LogP contribution in [0, 0.1) is 0 Å². The molecule has 0 amide bonds. The number of alkyl halides is 1. The van der Waals surface area contributed by atoms with Crippen LogP contribution in [0.3, 0.4) is 0 Å². The third-order valence-electron chi connectivity index (χ3n) is 6.99. The third-order valence-corrected chi connectivity index (χ3v) is 10.5. The van der Waals surface area contributed by atoms with Crippen molar-refractivity contribution < 1.29 is 47.3 Å². The summed E-state index contributed by atoms with van der Waals surface area (Å²) in [5.74, 6) is -0.210. The van der Waals surface area contributed by atoms with Gasteiger partial charge in [0.2, 0.25) is 5.95 Å². The zero-order chi connectivity index (χ0) is 32.2. The van der Waals surface area contributed by atoms with Crippen LogP contribution in [0.2, 0.25) is 0 Å². The van der Waals surface area contributed by atoms with E-state index < -0.39 is 86.7 Å². The first-order chi connectivity index (χ1) is 21.4. The predicted molar refractivity (Wildman–Crippen MR) is 155 cm³/mol. The summed E-state index contributed by atoms with van der Waals surface area (Å²) in [6.07, 6.45) is -6.19. The Morgan fingerprint density at radius 3 is 2.60 bits per heavy atom. The van der Waals surface area contributed by atoms with Gasteiger partial charge in [0.05, 0.1) is 43.5 Å². The number of aromatic amines is 2. The monoisotopic (exact) mass is 710 g/mol. The number of fused-ring (bicyclic) bond motifs is 2. The lowest BCUT2D eigenvalue weighted by atomic mass is 10.1. The molecule has 242 valence electrons. The van der Waals surface area contributed by atoms with Crippen LogP contribution >= 0.6 is 26.7 Å². The zero-order valence-corrected chi connectivity index (χ0v) is 25.7.